The zero-order valence-electron chi connectivity index (χ0n) is 16.6. The number of nitrogens with zero attached hydrogens (tertiary/aromatic N) is 2. The van der Waals surface area contributed by atoms with Crippen LogP contribution in [0.15, 0.2) is 24.3 Å². The predicted molar refractivity (Wildman–Crippen MR) is 110 cm³/mol. The normalized spacial score (nSPS) is 13.2. The van der Waals surface area contributed by atoms with E-state index in [0.29, 0.717) is 10.8 Å². The van der Waals surface area contributed by atoms with Crippen LogP contribution >= 0.6 is 11.6 Å². The lowest BCUT2D eigenvalue weighted by Gasteiger charge is -2.36. The smallest absolute Gasteiger partial charge is 0.250 e. The first kappa shape index (κ1) is 19.9. The van der Waals surface area contributed by atoms with Gasteiger partial charge in [0.2, 0.25) is 8.32 Å². The molecule has 0 saturated carbocycles. The van der Waals surface area contributed by atoms with Gasteiger partial charge in [0.25, 0.3) is 0 Å². The van der Waals surface area contributed by atoms with Crippen molar-refractivity contribution in [3.8, 4) is 11.4 Å². The Balaban J connectivity index is 2.46. The Kier molecular flexibility index (Phi) is 5.05. The molecule has 138 valence electrons. The zero-order chi connectivity index (χ0) is 19.2. The number of hydrogen-bond acceptors (Lipinski definition) is 3. The molecule has 0 amide bonds. The van der Waals surface area contributed by atoms with Crippen molar-refractivity contribution in [1.82, 2.24) is 9.78 Å². The second-order valence-electron chi connectivity index (χ2n) is 9.12. The molecule has 2 aromatic rings. The van der Waals surface area contributed by atoms with Gasteiger partial charge in [0.15, 0.2) is 0 Å². The van der Waals surface area contributed by atoms with E-state index in [1.807, 2.05) is 24.3 Å². The van der Waals surface area contributed by atoms with Gasteiger partial charge < -0.3 is 10.2 Å². The molecule has 1 aromatic carbocycles. The highest BCUT2D eigenvalue weighted by molar-refractivity contribution is 6.74. The summed E-state index contributed by atoms with van der Waals surface area (Å²) in [6, 6.07) is 7.59. The van der Waals surface area contributed by atoms with Crippen molar-refractivity contribution >= 4 is 25.7 Å². The zero-order valence-corrected chi connectivity index (χ0v) is 18.3. The van der Waals surface area contributed by atoms with E-state index < -0.39 is 8.32 Å². The van der Waals surface area contributed by atoms with Crippen LogP contribution in [-0.4, -0.2) is 18.1 Å². The quantitative estimate of drug-likeness (QED) is 0.686. The Bertz CT molecular complexity index is 770. The van der Waals surface area contributed by atoms with E-state index in [-0.39, 0.29) is 10.5 Å². The number of anilines is 1. The number of halogens is 1. The Morgan fingerprint density at radius 3 is 2.12 bits per heavy atom. The Morgan fingerprint density at radius 2 is 1.64 bits per heavy atom. The maximum atomic E-state index is 6.40. The van der Waals surface area contributed by atoms with Crippen LogP contribution < -0.4 is 10.2 Å². The first-order chi connectivity index (χ1) is 11.2. The second-order valence-corrected chi connectivity index (χ2v) is 14.3. The molecule has 0 bridgehead atoms. The maximum Gasteiger partial charge on any atom is 0.250 e. The van der Waals surface area contributed by atoms with Crippen LogP contribution in [0.2, 0.25) is 23.2 Å². The number of nitrogen functional groups attached to an aromatic ring is 1. The molecule has 1 heterocycles. The average Bonchev–Trinajstić information content (AvgIpc) is 2.78. The molecule has 6 heteroatoms. The summed E-state index contributed by atoms with van der Waals surface area (Å²) in [5.74, 6) is 1.35. The van der Waals surface area contributed by atoms with Crippen LogP contribution in [-0.2, 0) is 5.41 Å². The summed E-state index contributed by atoms with van der Waals surface area (Å²) in [4.78, 5) is 0. The summed E-state index contributed by atoms with van der Waals surface area (Å²) in [6.45, 7) is 17.4. The topological polar surface area (TPSA) is 53.1 Å². The number of rotatable bonds is 3. The number of benzene rings is 1. The largest absolute Gasteiger partial charge is 0.543 e. The molecule has 25 heavy (non-hydrogen) atoms. The van der Waals surface area contributed by atoms with Crippen LogP contribution in [0.25, 0.3) is 5.69 Å². The van der Waals surface area contributed by atoms with Gasteiger partial charge in [-0.3, -0.25) is 0 Å². The minimum Gasteiger partial charge on any atom is -0.543 e. The van der Waals surface area contributed by atoms with Gasteiger partial charge in [-0.1, -0.05) is 53.1 Å². The molecule has 0 aliphatic carbocycles. The van der Waals surface area contributed by atoms with E-state index in [4.69, 9.17) is 21.8 Å². The molecule has 0 aliphatic rings. The van der Waals surface area contributed by atoms with E-state index in [1.54, 1.807) is 4.68 Å². The Hall–Kier alpha value is -1.46. The minimum absolute atomic E-state index is 0.0710. The first-order valence-corrected chi connectivity index (χ1v) is 11.9. The minimum atomic E-state index is -1.95. The first-order valence-electron chi connectivity index (χ1n) is 8.57. The van der Waals surface area contributed by atoms with Crippen LogP contribution in [0, 0.1) is 0 Å². The van der Waals surface area contributed by atoms with Crippen LogP contribution in [0.5, 0.6) is 5.75 Å². The van der Waals surface area contributed by atoms with Gasteiger partial charge in [0.1, 0.15) is 11.6 Å². The van der Waals surface area contributed by atoms with Crippen molar-refractivity contribution in [2.45, 2.75) is 65.1 Å². The molecule has 2 N–H and O–H groups in total. The fourth-order valence-electron chi connectivity index (χ4n) is 2.15. The highest BCUT2D eigenvalue weighted by atomic mass is 35.5. The van der Waals surface area contributed by atoms with Crippen molar-refractivity contribution < 1.29 is 4.43 Å². The lowest BCUT2D eigenvalue weighted by atomic mass is 9.92. The molecule has 0 unspecified atom stereocenters. The number of aromatic nitrogens is 2. The summed E-state index contributed by atoms with van der Waals surface area (Å²) in [5.41, 5.74) is 7.88. The summed E-state index contributed by atoms with van der Waals surface area (Å²) < 4.78 is 8.12. The van der Waals surface area contributed by atoms with Crippen molar-refractivity contribution in [2.75, 3.05) is 5.73 Å². The number of hydrogen-bond donors (Lipinski definition) is 1. The molecule has 0 saturated heterocycles. The van der Waals surface area contributed by atoms with Gasteiger partial charge in [-0.05, 0) is 30.3 Å². The molecule has 4 nitrogen and oxygen atoms in total. The highest BCUT2D eigenvalue weighted by Crippen LogP contribution is 2.38. The van der Waals surface area contributed by atoms with Crippen molar-refractivity contribution in [3.63, 3.8) is 0 Å². The second kappa shape index (κ2) is 6.36. The average molecular weight is 380 g/mol. The summed E-state index contributed by atoms with van der Waals surface area (Å²) >= 11 is 6.35. The Labute approximate surface area is 157 Å². The highest BCUT2D eigenvalue weighted by Gasteiger charge is 2.39. The molecular formula is C19H30ClN3OSi. The van der Waals surface area contributed by atoms with Gasteiger partial charge in [-0.2, -0.15) is 5.10 Å². The molecule has 1 aromatic heterocycles. The fraction of sp³-hybridized carbons (Fsp3) is 0.526. The monoisotopic (exact) mass is 379 g/mol. The van der Waals surface area contributed by atoms with E-state index in [0.717, 1.165) is 17.1 Å². The maximum absolute atomic E-state index is 6.40. The van der Waals surface area contributed by atoms with E-state index >= 15 is 0 Å². The molecule has 0 spiro atoms. The predicted octanol–water partition coefficient (Wildman–Crippen LogP) is 5.79. The third-order valence-electron chi connectivity index (χ3n) is 4.79. The Morgan fingerprint density at radius 1 is 1.04 bits per heavy atom. The van der Waals surface area contributed by atoms with Crippen LogP contribution in [0.4, 0.5) is 5.82 Å². The van der Waals surface area contributed by atoms with Crippen molar-refractivity contribution in [3.05, 3.63) is 35.0 Å². The summed E-state index contributed by atoms with van der Waals surface area (Å²) in [7, 11) is -1.95. The van der Waals surface area contributed by atoms with Gasteiger partial charge in [0, 0.05) is 22.6 Å². The lowest BCUT2D eigenvalue weighted by molar-refractivity contribution is 0.492. The molecule has 0 fully saturated rings. The van der Waals surface area contributed by atoms with Gasteiger partial charge >= 0.3 is 0 Å². The summed E-state index contributed by atoms with van der Waals surface area (Å²) in [5, 5.41) is 5.39. The lowest BCUT2D eigenvalue weighted by Crippen LogP contribution is -2.43. The number of nitrogens with two attached hydrogens (primary N) is 1. The standard InChI is InChI=1S/C19H30ClN3OSi/c1-18(2,3)16-12-17(21)23(22-16)14-9-13(20)10-15(11-14)24-25(7,8)19(4,5)6/h9-12H,21H2,1-8H3. The molecule has 0 atom stereocenters. The van der Waals surface area contributed by atoms with Gasteiger partial charge in [-0.25, -0.2) is 4.68 Å². The third kappa shape index (κ3) is 4.39. The fourth-order valence-corrected chi connectivity index (χ4v) is 3.38. The van der Waals surface area contributed by atoms with E-state index in [1.165, 1.54) is 0 Å². The molecular weight excluding hydrogens is 350 g/mol. The van der Waals surface area contributed by atoms with Gasteiger partial charge in [-0.15, -0.1) is 0 Å². The van der Waals surface area contributed by atoms with Crippen molar-refractivity contribution in [2.24, 2.45) is 0 Å². The van der Waals surface area contributed by atoms with Crippen LogP contribution in [0.3, 0.4) is 0 Å². The third-order valence-corrected chi connectivity index (χ3v) is 9.36. The van der Waals surface area contributed by atoms with Crippen LogP contribution in [0.1, 0.15) is 47.2 Å². The van der Waals surface area contributed by atoms with E-state index in [2.05, 4.69) is 59.7 Å². The molecule has 0 aliphatic heterocycles. The molecule has 2 rings (SSSR count). The van der Waals surface area contributed by atoms with Crippen molar-refractivity contribution in [1.29, 1.82) is 0 Å². The summed E-state index contributed by atoms with van der Waals surface area (Å²) in [6.07, 6.45) is 0. The SMILES string of the molecule is CC(C)(C)c1cc(N)n(-c2cc(Cl)cc(O[Si](C)(C)C(C)(C)C)c2)n1. The van der Waals surface area contributed by atoms with E-state index in [9.17, 15) is 0 Å². The molecule has 0 radical (unpaired) electrons. The van der Waals surface area contributed by atoms with Gasteiger partial charge in [0.05, 0.1) is 11.4 Å².